The average Bonchev–Trinajstić information content (AvgIpc) is 3.70. The maximum atomic E-state index is 14.0. The van der Waals surface area contributed by atoms with Crippen molar-refractivity contribution >= 4 is 37.6 Å². The Kier molecular flexibility index (Phi) is 8.58. The van der Waals surface area contributed by atoms with Gasteiger partial charge in [0.25, 0.3) is 5.91 Å². The van der Waals surface area contributed by atoms with Gasteiger partial charge in [0.05, 0.1) is 17.3 Å². The molecule has 0 unspecified atom stereocenters. The maximum Gasteiger partial charge on any atom is 0.252 e. The Morgan fingerprint density at radius 3 is 2.40 bits per heavy atom. The van der Waals surface area contributed by atoms with Crippen LogP contribution in [-0.2, 0) is 19.4 Å². The van der Waals surface area contributed by atoms with Crippen molar-refractivity contribution < 1.29 is 27.8 Å². The van der Waals surface area contributed by atoms with Gasteiger partial charge in [0.15, 0.2) is 21.5 Å². The first-order chi connectivity index (χ1) is 19.3. The van der Waals surface area contributed by atoms with Crippen LogP contribution in [0.2, 0.25) is 0 Å². The first-order valence-electron chi connectivity index (χ1n) is 13.3. The third kappa shape index (κ3) is 6.40. The molecule has 2 aliphatic rings. The second-order valence-corrected chi connectivity index (χ2v) is 13.0. The molecule has 1 aliphatic carbocycles. The van der Waals surface area contributed by atoms with E-state index >= 15 is 0 Å². The van der Waals surface area contributed by atoms with Gasteiger partial charge in [0.2, 0.25) is 5.90 Å². The number of rotatable bonds is 12. The molecule has 1 aliphatic heterocycles. The zero-order chi connectivity index (χ0) is 28.2. The first kappa shape index (κ1) is 28.3. The van der Waals surface area contributed by atoms with Crippen molar-refractivity contribution in [2.75, 3.05) is 19.0 Å². The van der Waals surface area contributed by atoms with Crippen LogP contribution < -0.4 is 10.1 Å². The quantitative estimate of drug-likeness (QED) is 0.284. The zero-order valence-electron chi connectivity index (χ0n) is 21.8. The van der Waals surface area contributed by atoms with Crippen molar-refractivity contribution in [3.8, 4) is 5.75 Å². The molecule has 2 N–H and O–H groups in total. The summed E-state index contributed by atoms with van der Waals surface area (Å²) in [6.07, 6.45) is 1.39. The van der Waals surface area contributed by atoms with E-state index in [2.05, 4.69) is 21.2 Å². The summed E-state index contributed by atoms with van der Waals surface area (Å²) in [7, 11) is -3.69. The lowest BCUT2D eigenvalue weighted by Gasteiger charge is -2.30. The maximum absolute atomic E-state index is 14.0. The van der Waals surface area contributed by atoms with Crippen molar-refractivity contribution in [3.05, 3.63) is 94.5 Å². The van der Waals surface area contributed by atoms with Crippen LogP contribution in [-0.4, -0.2) is 55.9 Å². The lowest BCUT2D eigenvalue weighted by molar-refractivity contribution is -0.129. The van der Waals surface area contributed by atoms with Gasteiger partial charge in [0, 0.05) is 35.5 Å². The summed E-state index contributed by atoms with van der Waals surface area (Å²) >= 11 is 3.46. The number of nitrogens with zero attached hydrogens (tertiary/aromatic N) is 1. The molecule has 0 aromatic heterocycles. The molecule has 10 heteroatoms. The van der Waals surface area contributed by atoms with Crippen LogP contribution >= 0.6 is 15.9 Å². The molecule has 5 rings (SSSR count). The molecule has 0 saturated heterocycles. The van der Waals surface area contributed by atoms with E-state index in [-0.39, 0.29) is 41.5 Å². The van der Waals surface area contributed by atoms with Crippen LogP contribution in [0.5, 0.6) is 5.75 Å². The Bertz CT molecular complexity index is 1460. The van der Waals surface area contributed by atoms with Crippen LogP contribution in [0.3, 0.4) is 0 Å². The van der Waals surface area contributed by atoms with Gasteiger partial charge in [-0.3, -0.25) is 4.79 Å². The number of nitrogens with one attached hydrogen (secondary N) is 1. The minimum absolute atomic E-state index is 0.0468. The van der Waals surface area contributed by atoms with Crippen molar-refractivity contribution in [1.82, 2.24) is 5.32 Å². The van der Waals surface area contributed by atoms with Crippen molar-refractivity contribution in [1.29, 1.82) is 0 Å². The lowest BCUT2D eigenvalue weighted by atomic mass is 9.85. The highest BCUT2D eigenvalue weighted by atomic mass is 79.9. The Morgan fingerprint density at radius 1 is 1.05 bits per heavy atom. The summed E-state index contributed by atoms with van der Waals surface area (Å²) in [6, 6.07) is 22.9. The van der Waals surface area contributed by atoms with Gasteiger partial charge in [-0.1, -0.05) is 46.3 Å². The Hall–Kier alpha value is -3.21. The number of hydrogen-bond donors (Lipinski definition) is 2. The van der Waals surface area contributed by atoms with Gasteiger partial charge >= 0.3 is 0 Å². The van der Waals surface area contributed by atoms with E-state index in [0.717, 1.165) is 17.3 Å². The zero-order valence-corrected chi connectivity index (χ0v) is 24.2. The second kappa shape index (κ2) is 12.1. The molecular weight excluding hydrogens is 596 g/mol. The number of hydrogen-bond acceptors (Lipinski definition) is 7. The van der Waals surface area contributed by atoms with Crippen molar-refractivity contribution in [2.45, 2.75) is 48.3 Å². The minimum Gasteiger partial charge on any atom is -0.494 e. The Morgan fingerprint density at radius 2 is 1.75 bits per heavy atom. The average molecular weight is 628 g/mol. The molecule has 1 amide bonds. The third-order valence-electron chi connectivity index (χ3n) is 6.97. The summed E-state index contributed by atoms with van der Waals surface area (Å²) in [5.41, 5.74) is -0.137. The summed E-state index contributed by atoms with van der Waals surface area (Å²) in [4.78, 5) is 19.0. The molecule has 1 heterocycles. The second-order valence-electron chi connectivity index (χ2n) is 9.97. The van der Waals surface area contributed by atoms with E-state index in [4.69, 9.17) is 19.6 Å². The van der Waals surface area contributed by atoms with E-state index in [1.807, 2.05) is 24.3 Å². The largest absolute Gasteiger partial charge is 0.494 e. The molecule has 40 heavy (non-hydrogen) atoms. The van der Waals surface area contributed by atoms with Crippen LogP contribution in [0.1, 0.15) is 42.9 Å². The van der Waals surface area contributed by atoms with Crippen molar-refractivity contribution in [2.24, 2.45) is 4.99 Å². The normalized spacial score (nSPS) is 20.4. The van der Waals surface area contributed by atoms with E-state index in [1.165, 1.54) is 0 Å². The summed E-state index contributed by atoms with van der Waals surface area (Å²) < 4.78 is 39.6. The van der Waals surface area contributed by atoms with E-state index < -0.39 is 21.5 Å². The van der Waals surface area contributed by atoms with Crippen LogP contribution in [0, 0.1) is 0 Å². The number of ether oxygens (including phenoxy) is 2. The van der Waals surface area contributed by atoms with Gasteiger partial charge in [-0.2, -0.15) is 0 Å². The van der Waals surface area contributed by atoms with E-state index in [9.17, 15) is 13.2 Å². The van der Waals surface area contributed by atoms with Crippen LogP contribution in [0.15, 0.2) is 93.2 Å². The highest BCUT2D eigenvalue weighted by Gasteiger charge is 2.54. The Labute approximate surface area is 242 Å². The lowest BCUT2D eigenvalue weighted by Crippen LogP contribution is -2.50. The van der Waals surface area contributed by atoms with Gasteiger partial charge in [-0.25, -0.2) is 13.4 Å². The third-order valence-corrected chi connectivity index (χ3v) is 9.23. The molecule has 210 valence electrons. The molecule has 3 aromatic carbocycles. The number of aliphatic imine (C=N–C) groups is 1. The smallest absolute Gasteiger partial charge is 0.252 e. The SMILES string of the molecule is O=C(NC1CC1)[C@]1(CCS(=O)(=O)c2ccccc2)N=C(c2ccc(OCCCO)cc2)O[C@@H]1c1ccc(Br)cc1. The molecule has 2 atom stereocenters. The fourth-order valence-electron chi connectivity index (χ4n) is 4.58. The summed E-state index contributed by atoms with van der Waals surface area (Å²) in [5, 5.41) is 12.1. The highest BCUT2D eigenvalue weighted by Crippen LogP contribution is 2.44. The molecular formula is C30H31BrN2O6S. The molecule has 0 bridgehead atoms. The van der Waals surface area contributed by atoms with Crippen LogP contribution in [0.25, 0.3) is 0 Å². The fourth-order valence-corrected chi connectivity index (χ4v) is 6.23. The minimum atomic E-state index is -3.69. The number of aliphatic hydroxyl groups excluding tert-OH is 1. The molecule has 1 fully saturated rings. The first-order valence-corrected chi connectivity index (χ1v) is 15.7. The molecule has 0 spiro atoms. The van der Waals surface area contributed by atoms with Gasteiger partial charge in [-0.15, -0.1) is 0 Å². The van der Waals surface area contributed by atoms with Gasteiger partial charge in [-0.05, 0) is 66.9 Å². The number of aliphatic hydroxyl groups is 1. The Balaban J connectivity index is 1.52. The standard InChI is InChI=1S/C30H31BrN2O6S/c31-23-11-7-21(8-12-23)27-30(29(35)32-24-13-14-24,17-20-40(36,37)26-5-2-1-3-6-26)33-28(39-27)22-9-15-25(16-10-22)38-19-4-18-34/h1-3,5-12,15-16,24,27,34H,4,13-14,17-20H2,(H,32,35)/t27-,30-/m1/s1. The number of benzene rings is 3. The highest BCUT2D eigenvalue weighted by molar-refractivity contribution is 9.10. The number of carbonyl (C=O) groups is 1. The van der Waals surface area contributed by atoms with E-state index in [0.29, 0.717) is 29.9 Å². The predicted molar refractivity (Wildman–Crippen MR) is 155 cm³/mol. The van der Waals surface area contributed by atoms with Crippen molar-refractivity contribution in [3.63, 3.8) is 0 Å². The molecule has 0 radical (unpaired) electrons. The molecule has 8 nitrogen and oxygen atoms in total. The van der Waals surface area contributed by atoms with Gasteiger partial charge < -0.3 is 19.9 Å². The predicted octanol–water partition coefficient (Wildman–Crippen LogP) is 4.61. The van der Waals surface area contributed by atoms with Gasteiger partial charge in [0.1, 0.15) is 5.75 Å². The number of halogens is 1. The van der Waals surface area contributed by atoms with Crippen LogP contribution in [0.4, 0.5) is 0 Å². The molecule has 1 saturated carbocycles. The van der Waals surface area contributed by atoms with E-state index in [1.54, 1.807) is 54.6 Å². The number of carbonyl (C=O) groups excluding carboxylic acids is 1. The number of amides is 1. The summed E-state index contributed by atoms with van der Waals surface area (Å²) in [6.45, 7) is 0.435. The topological polar surface area (TPSA) is 114 Å². The summed E-state index contributed by atoms with van der Waals surface area (Å²) in [5.74, 6) is 0.273. The fraction of sp³-hybridized carbons (Fsp3) is 0.333. The molecule has 3 aromatic rings. The number of sulfone groups is 1. The monoisotopic (exact) mass is 626 g/mol.